The largest absolute Gasteiger partial charge is 0.399 e. The maximum atomic E-state index is 12.8. The molecule has 0 aliphatic carbocycles. The van der Waals surface area contributed by atoms with Gasteiger partial charge < -0.3 is 5.73 Å². The van der Waals surface area contributed by atoms with E-state index in [1.807, 2.05) is 19.1 Å². The number of hydrogen-bond acceptors (Lipinski definition) is 5. The van der Waals surface area contributed by atoms with Crippen LogP contribution in [0.4, 0.5) is 5.69 Å². The van der Waals surface area contributed by atoms with Crippen LogP contribution in [0.3, 0.4) is 0 Å². The standard InChI is InChI=1S/C21H23N5O2/c1-3-4-12-26-21(28)18-11-6-5-10-17(18)19(25-26)20(27)24-23-14(2)15-8-7-9-16(22)13-15/h5-11,13H,3-4,12,22H2,1-2H3,(H,24,27)/b23-14-. The Morgan fingerprint density at radius 2 is 1.93 bits per heavy atom. The number of nitrogens with zero attached hydrogens (tertiary/aromatic N) is 3. The van der Waals surface area contributed by atoms with Crippen LogP contribution in [0, 0.1) is 0 Å². The van der Waals surface area contributed by atoms with Gasteiger partial charge in [0, 0.05) is 17.6 Å². The highest BCUT2D eigenvalue weighted by atomic mass is 16.2. The smallest absolute Gasteiger partial charge is 0.292 e. The molecule has 3 rings (SSSR count). The number of carbonyl (C=O) groups is 1. The fraction of sp³-hybridized carbons (Fsp3) is 0.238. The molecular weight excluding hydrogens is 354 g/mol. The summed E-state index contributed by atoms with van der Waals surface area (Å²) in [7, 11) is 0. The molecule has 0 atom stereocenters. The number of nitrogens with one attached hydrogen (secondary N) is 1. The number of hydrazone groups is 1. The predicted octanol–water partition coefficient (Wildman–Crippen LogP) is 2.93. The monoisotopic (exact) mass is 377 g/mol. The Kier molecular flexibility index (Phi) is 5.84. The minimum absolute atomic E-state index is 0.176. The molecule has 1 aromatic heterocycles. The summed E-state index contributed by atoms with van der Waals surface area (Å²) in [6, 6.07) is 14.2. The first-order valence-corrected chi connectivity index (χ1v) is 9.21. The molecule has 0 radical (unpaired) electrons. The maximum Gasteiger partial charge on any atom is 0.292 e. The number of nitrogen functional groups attached to an aromatic ring is 1. The molecule has 3 aromatic rings. The van der Waals surface area contributed by atoms with E-state index in [1.54, 1.807) is 43.3 Å². The van der Waals surface area contributed by atoms with Crippen LogP contribution >= 0.6 is 0 Å². The number of unbranched alkanes of at least 4 members (excludes halogenated alkanes) is 1. The highest BCUT2D eigenvalue weighted by molar-refractivity contribution is 6.06. The molecule has 0 saturated carbocycles. The van der Waals surface area contributed by atoms with Gasteiger partial charge in [-0.15, -0.1) is 0 Å². The number of carbonyl (C=O) groups excluding carboxylic acids is 1. The number of benzene rings is 2. The molecule has 0 saturated heterocycles. The van der Waals surface area contributed by atoms with Gasteiger partial charge in [-0.1, -0.05) is 43.7 Å². The Morgan fingerprint density at radius 1 is 1.18 bits per heavy atom. The predicted molar refractivity (Wildman–Crippen MR) is 111 cm³/mol. The Labute approximate surface area is 162 Å². The van der Waals surface area contributed by atoms with Crippen molar-refractivity contribution >= 4 is 28.1 Å². The zero-order chi connectivity index (χ0) is 20.1. The summed E-state index contributed by atoms with van der Waals surface area (Å²) in [5.41, 5.74) is 10.4. The van der Waals surface area contributed by atoms with E-state index in [4.69, 9.17) is 5.73 Å². The van der Waals surface area contributed by atoms with Crippen molar-refractivity contribution in [2.75, 3.05) is 5.73 Å². The van der Waals surface area contributed by atoms with E-state index in [0.717, 1.165) is 18.4 Å². The van der Waals surface area contributed by atoms with Crippen molar-refractivity contribution in [2.45, 2.75) is 33.2 Å². The number of fused-ring (bicyclic) bond motifs is 1. The van der Waals surface area contributed by atoms with Crippen molar-refractivity contribution in [3.63, 3.8) is 0 Å². The molecule has 7 nitrogen and oxygen atoms in total. The van der Waals surface area contributed by atoms with Gasteiger partial charge in [-0.05, 0) is 37.1 Å². The van der Waals surface area contributed by atoms with Crippen molar-refractivity contribution in [1.82, 2.24) is 15.2 Å². The molecule has 0 aliphatic heterocycles. The van der Waals surface area contributed by atoms with E-state index in [2.05, 4.69) is 15.6 Å². The second-order valence-electron chi connectivity index (χ2n) is 6.54. The zero-order valence-electron chi connectivity index (χ0n) is 16.0. The topological polar surface area (TPSA) is 102 Å². The van der Waals surface area contributed by atoms with Crippen LogP contribution in [0.1, 0.15) is 42.7 Å². The van der Waals surface area contributed by atoms with E-state index in [9.17, 15) is 9.59 Å². The Bertz CT molecular complexity index is 1100. The summed E-state index contributed by atoms with van der Waals surface area (Å²) in [5, 5.41) is 9.45. The molecule has 0 aliphatic rings. The van der Waals surface area contributed by atoms with Gasteiger partial charge in [0.25, 0.3) is 11.5 Å². The molecule has 0 spiro atoms. The number of amides is 1. The van der Waals surface area contributed by atoms with Crippen LogP contribution in [-0.4, -0.2) is 21.4 Å². The molecule has 3 N–H and O–H groups in total. The first-order valence-electron chi connectivity index (χ1n) is 9.21. The van der Waals surface area contributed by atoms with Crippen molar-refractivity contribution in [2.24, 2.45) is 5.10 Å². The normalized spacial score (nSPS) is 11.6. The van der Waals surface area contributed by atoms with Gasteiger partial charge in [0.05, 0.1) is 11.1 Å². The fourth-order valence-electron chi connectivity index (χ4n) is 2.88. The van der Waals surface area contributed by atoms with Gasteiger partial charge in [0.1, 0.15) is 0 Å². The Hall–Kier alpha value is -3.48. The van der Waals surface area contributed by atoms with Crippen LogP contribution in [0.2, 0.25) is 0 Å². The number of nitrogens with two attached hydrogens (primary N) is 1. The average Bonchev–Trinajstić information content (AvgIpc) is 2.71. The van der Waals surface area contributed by atoms with Crippen LogP contribution in [0.25, 0.3) is 10.8 Å². The molecular formula is C21H23N5O2. The highest BCUT2D eigenvalue weighted by Crippen LogP contribution is 2.14. The number of hydrogen-bond donors (Lipinski definition) is 2. The molecule has 28 heavy (non-hydrogen) atoms. The van der Waals surface area contributed by atoms with Gasteiger partial charge >= 0.3 is 0 Å². The van der Waals surface area contributed by atoms with E-state index in [0.29, 0.717) is 28.7 Å². The van der Waals surface area contributed by atoms with Crippen molar-refractivity contribution in [3.8, 4) is 0 Å². The first-order chi connectivity index (χ1) is 13.5. The lowest BCUT2D eigenvalue weighted by Crippen LogP contribution is -2.29. The second-order valence-corrected chi connectivity index (χ2v) is 6.54. The molecule has 7 heteroatoms. The third-order valence-electron chi connectivity index (χ3n) is 4.44. The lowest BCUT2D eigenvalue weighted by molar-refractivity contribution is 0.0949. The molecule has 0 unspecified atom stereocenters. The van der Waals surface area contributed by atoms with Crippen molar-refractivity contribution in [3.05, 3.63) is 70.1 Å². The van der Waals surface area contributed by atoms with E-state index >= 15 is 0 Å². The molecule has 1 amide bonds. The van der Waals surface area contributed by atoms with Gasteiger partial charge in [-0.25, -0.2) is 10.1 Å². The van der Waals surface area contributed by atoms with Gasteiger partial charge in [-0.3, -0.25) is 9.59 Å². The lowest BCUT2D eigenvalue weighted by Gasteiger charge is -2.10. The zero-order valence-corrected chi connectivity index (χ0v) is 16.0. The van der Waals surface area contributed by atoms with Crippen LogP contribution in [0.15, 0.2) is 58.4 Å². The summed E-state index contributed by atoms with van der Waals surface area (Å²) in [6.07, 6.45) is 1.73. The van der Waals surface area contributed by atoms with Crippen LogP contribution < -0.4 is 16.7 Å². The summed E-state index contributed by atoms with van der Waals surface area (Å²) in [5.74, 6) is -0.468. The Morgan fingerprint density at radius 3 is 2.64 bits per heavy atom. The summed E-state index contributed by atoms with van der Waals surface area (Å²) in [4.78, 5) is 25.4. The fourth-order valence-corrected chi connectivity index (χ4v) is 2.88. The minimum atomic E-state index is -0.468. The SMILES string of the molecule is CCCCn1nc(C(=O)N/N=C(/C)c2cccc(N)c2)c2ccccc2c1=O. The summed E-state index contributed by atoms with van der Waals surface area (Å²) in [6.45, 7) is 4.28. The number of anilines is 1. The molecule has 0 bridgehead atoms. The quantitative estimate of drug-likeness (QED) is 0.392. The second kappa shape index (κ2) is 8.47. The molecule has 0 fully saturated rings. The van der Waals surface area contributed by atoms with Gasteiger partial charge in [0.15, 0.2) is 5.69 Å². The van der Waals surface area contributed by atoms with Gasteiger partial charge in [0.2, 0.25) is 0 Å². The number of aromatic nitrogens is 2. The molecule has 2 aromatic carbocycles. The van der Waals surface area contributed by atoms with Crippen molar-refractivity contribution in [1.29, 1.82) is 0 Å². The highest BCUT2D eigenvalue weighted by Gasteiger charge is 2.16. The minimum Gasteiger partial charge on any atom is -0.399 e. The van der Waals surface area contributed by atoms with E-state index < -0.39 is 5.91 Å². The number of rotatable bonds is 6. The lowest BCUT2D eigenvalue weighted by atomic mass is 10.1. The van der Waals surface area contributed by atoms with E-state index in [-0.39, 0.29) is 11.3 Å². The average molecular weight is 377 g/mol. The number of aryl methyl sites for hydroxylation is 1. The van der Waals surface area contributed by atoms with Gasteiger partial charge in [-0.2, -0.15) is 10.2 Å². The first kappa shape index (κ1) is 19.3. The van der Waals surface area contributed by atoms with Crippen LogP contribution in [-0.2, 0) is 6.54 Å². The van der Waals surface area contributed by atoms with Crippen molar-refractivity contribution < 1.29 is 4.79 Å². The Balaban J connectivity index is 1.95. The maximum absolute atomic E-state index is 12.8. The molecule has 144 valence electrons. The summed E-state index contributed by atoms with van der Waals surface area (Å²) < 4.78 is 1.36. The van der Waals surface area contributed by atoms with E-state index in [1.165, 1.54) is 4.68 Å². The molecule has 1 heterocycles. The third kappa shape index (κ3) is 4.09. The van der Waals surface area contributed by atoms with Crippen LogP contribution in [0.5, 0.6) is 0 Å². The third-order valence-corrected chi connectivity index (χ3v) is 4.44. The summed E-state index contributed by atoms with van der Waals surface area (Å²) >= 11 is 0.